The van der Waals surface area contributed by atoms with Crippen LogP contribution in [0.3, 0.4) is 0 Å². The van der Waals surface area contributed by atoms with Crippen LogP contribution in [0.4, 0.5) is 4.39 Å². The number of halogens is 1. The van der Waals surface area contributed by atoms with Crippen molar-refractivity contribution in [2.45, 2.75) is 12.5 Å². The van der Waals surface area contributed by atoms with Gasteiger partial charge in [-0.2, -0.15) is 5.10 Å². The van der Waals surface area contributed by atoms with E-state index in [1.807, 2.05) is 47.5 Å². The second kappa shape index (κ2) is 7.70. The quantitative estimate of drug-likeness (QED) is 0.411. The first kappa shape index (κ1) is 19.4. The van der Waals surface area contributed by atoms with Crippen molar-refractivity contribution in [1.29, 1.82) is 0 Å². The van der Waals surface area contributed by atoms with Crippen LogP contribution in [0, 0.1) is 5.82 Å². The second-order valence-corrected chi connectivity index (χ2v) is 8.13. The van der Waals surface area contributed by atoms with E-state index in [1.165, 1.54) is 12.1 Å². The van der Waals surface area contributed by atoms with Crippen LogP contribution in [0.15, 0.2) is 79.1 Å². The summed E-state index contributed by atoms with van der Waals surface area (Å²) in [6, 6.07) is 19.6. The molecule has 162 valence electrons. The molecule has 2 aromatic carbocycles. The number of para-hydroxylation sites is 1. The topological polar surface area (TPSA) is 77.7 Å². The summed E-state index contributed by atoms with van der Waals surface area (Å²) >= 11 is 0. The van der Waals surface area contributed by atoms with Gasteiger partial charge in [0.1, 0.15) is 17.6 Å². The second-order valence-electron chi connectivity index (χ2n) is 8.13. The molecule has 7 heteroatoms. The fourth-order valence-electron chi connectivity index (χ4n) is 4.68. The molecular formula is C26H20FN5O. The van der Waals surface area contributed by atoms with Gasteiger partial charge < -0.3 is 9.88 Å². The number of fused-ring (bicyclic) bond motifs is 2. The monoisotopic (exact) mass is 437 g/mol. The van der Waals surface area contributed by atoms with Crippen LogP contribution >= 0.6 is 0 Å². The SMILES string of the molecule is O=C1c2[nH]nc(-c3ccc(F)cc3)c2C(c2ccccn2)N1CCc1c[nH]c2ccccc12. The number of carbonyl (C=O) groups excluding carboxylic acids is 1. The Balaban J connectivity index is 1.40. The highest BCUT2D eigenvalue weighted by Crippen LogP contribution is 2.42. The molecule has 0 spiro atoms. The predicted octanol–water partition coefficient (Wildman–Crippen LogP) is 4.88. The van der Waals surface area contributed by atoms with Gasteiger partial charge in [-0.05, 0) is 54.4 Å². The highest BCUT2D eigenvalue weighted by atomic mass is 19.1. The molecule has 0 bridgehead atoms. The number of benzene rings is 2. The number of carbonyl (C=O) groups is 1. The molecule has 2 N–H and O–H groups in total. The number of nitrogens with zero attached hydrogens (tertiary/aromatic N) is 3. The molecule has 4 heterocycles. The van der Waals surface area contributed by atoms with Gasteiger partial charge in [0.2, 0.25) is 0 Å². The first-order valence-corrected chi connectivity index (χ1v) is 10.8. The van der Waals surface area contributed by atoms with Crippen LogP contribution in [-0.2, 0) is 6.42 Å². The standard InChI is InChI=1S/C26H20FN5O/c27-18-10-8-16(9-11-18)23-22-24(31-30-23)26(33)32(25(22)21-7-3-4-13-28-21)14-12-17-15-29-20-6-2-1-5-19(17)20/h1-11,13,15,25,29H,12,14H2,(H,30,31). The van der Waals surface area contributed by atoms with E-state index in [0.717, 1.165) is 33.3 Å². The highest BCUT2D eigenvalue weighted by molar-refractivity contribution is 6.00. The van der Waals surface area contributed by atoms with Gasteiger partial charge in [-0.1, -0.05) is 24.3 Å². The van der Waals surface area contributed by atoms with Gasteiger partial charge in [-0.3, -0.25) is 14.9 Å². The summed E-state index contributed by atoms with van der Waals surface area (Å²) in [6.45, 7) is 0.521. The number of aromatic amines is 2. The zero-order chi connectivity index (χ0) is 22.4. The molecule has 1 amide bonds. The van der Waals surface area contributed by atoms with Crippen molar-refractivity contribution in [3.8, 4) is 11.3 Å². The lowest BCUT2D eigenvalue weighted by Crippen LogP contribution is -2.32. The Kier molecular flexibility index (Phi) is 4.54. The van der Waals surface area contributed by atoms with Gasteiger partial charge in [-0.25, -0.2) is 4.39 Å². The third-order valence-corrected chi connectivity index (χ3v) is 6.25. The molecule has 6 rings (SSSR count). The van der Waals surface area contributed by atoms with Crippen LogP contribution in [-0.4, -0.2) is 37.5 Å². The van der Waals surface area contributed by atoms with Gasteiger partial charge >= 0.3 is 0 Å². The minimum absolute atomic E-state index is 0.110. The Morgan fingerprint density at radius 1 is 1.00 bits per heavy atom. The van der Waals surface area contributed by atoms with Gasteiger partial charge in [0.05, 0.1) is 11.4 Å². The molecule has 3 aromatic heterocycles. The van der Waals surface area contributed by atoms with E-state index in [9.17, 15) is 9.18 Å². The van der Waals surface area contributed by atoms with Crippen molar-refractivity contribution in [3.05, 3.63) is 107 Å². The zero-order valence-corrected chi connectivity index (χ0v) is 17.6. The molecule has 0 saturated carbocycles. The van der Waals surface area contributed by atoms with E-state index in [-0.39, 0.29) is 17.8 Å². The maximum absolute atomic E-state index is 13.5. The van der Waals surface area contributed by atoms with E-state index in [1.54, 1.807) is 18.3 Å². The number of amides is 1. The molecule has 6 nitrogen and oxygen atoms in total. The first-order chi connectivity index (χ1) is 16.2. The molecule has 0 saturated heterocycles. The van der Waals surface area contributed by atoms with Crippen LogP contribution in [0.25, 0.3) is 22.2 Å². The Bertz CT molecular complexity index is 1460. The van der Waals surface area contributed by atoms with Crippen LogP contribution in [0.5, 0.6) is 0 Å². The average Bonchev–Trinajstić information content (AvgIpc) is 3.53. The smallest absolute Gasteiger partial charge is 0.273 e. The predicted molar refractivity (Wildman–Crippen MR) is 123 cm³/mol. The molecule has 33 heavy (non-hydrogen) atoms. The third kappa shape index (κ3) is 3.20. The van der Waals surface area contributed by atoms with Crippen molar-refractivity contribution in [2.24, 2.45) is 0 Å². The summed E-state index contributed by atoms with van der Waals surface area (Å²) in [5, 5.41) is 8.51. The Hall–Kier alpha value is -4.26. The Labute approximate surface area is 189 Å². The number of H-pyrrole nitrogens is 2. The van der Waals surface area contributed by atoms with Crippen molar-refractivity contribution >= 4 is 16.8 Å². The minimum Gasteiger partial charge on any atom is -0.361 e. The Morgan fingerprint density at radius 2 is 1.82 bits per heavy atom. The number of hydrogen-bond acceptors (Lipinski definition) is 3. The summed E-state index contributed by atoms with van der Waals surface area (Å²) in [5.41, 5.74) is 5.64. The number of hydrogen-bond donors (Lipinski definition) is 2. The molecule has 5 aromatic rings. The number of rotatable bonds is 5. The largest absolute Gasteiger partial charge is 0.361 e. The zero-order valence-electron chi connectivity index (χ0n) is 17.6. The number of pyridine rings is 1. The normalized spacial score (nSPS) is 15.4. The van der Waals surface area contributed by atoms with E-state index >= 15 is 0 Å². The minimum atomic E-state index is -0.377. The molecule has 0 fully saturated rings. The van der Waals surface area contributed by atoms with E-state index in [0.29, 0.717) is 24.4 Å². The lowest BCUT2D eigenvalue weighted by molar-refractivity contribution is 0.0743. The first-order valence-electron chi connectivity index (χ1n) is 10.8. The van der Waals surface area contributed by atoms with E-state index < -0.39 is 0 Å². The molecule has 0 radical (unpaired) electrons. The molecule has 0 aliphatic carbocycles. The van der Waals surface area contributed by atoms with E-state index in [4.69, 9.17) is 0 Å². The molecule has 1 unspecified atom stereocenters. The molecular weight excluding hydrogens is 417 g/mol. The van der Waals surface area contributed by atoms with Crippen LogP contribution in [0.1, 0.15) is 33.4 Å². The lowest BCUT2D eigenvalue weighted by atomic mass is 9.99. The summed E-state index contributed by atoms with van der Waals surface area (Å²) in [4.78, 5) is 23.2. The fraction of sp³-hybridized carbons (Fsp3) is 0.115. The summed E-state index contributed by atoms with van der Waals surface area (Å²) < 4.78 is 13.5. The molecule has 1 aliphatic rings. The summed E-state index contributed by atoms with van der Waals surface area (Å²) in [5.74, 6) is -0.426. The van der Waals surface area contributed by atoms with Gasteiger partial charge in [-0.15, -0.1) is 0 Å². The van der Waals surface area contributed by atoms with Crippen molar-refractivity contribution < 1.29 is 9.18 Å². The number of nitrogens with one attached hydrogen (secondary N) is 2. The Morgan fingerprint density at radius 3 is 2.64 bits per heavy atom. The average molecular weight is 437 g/mol. The van der Waals surface area contributed by atoms with Crippen LogP contribution < -0.4 is 0 Å². The van der Waals surface area contributed by atoms with E-state index in [2.05, 4.69) is 26.2 Å². The number of aromatic nitrogens is 4. The van der Waals surface area contributed by atoms with Gasteiger partial charge in [0.25, 0.3) is 5.91 Å². The van der Waals surface area contributed by atoms with Crippen LogP contribution in [0.2, 0.25) is 0 Å². The third-order valence-electron chi connectivity index (χ3n) is 6.25. The molecule has 1 atom stereocenters. The van der Waals surface area contributed by atoms with Crippen molar-refractivity contribution in [3.63, 3.8) is 0 Å². The fourth-order valence-corrected chi connectivity index (χ4v) is 4.68. The molecule has 1 aliphatic heterocycles. The van der Waals surface area contributed by atoms with Gasteiger partial charge in [0, 0.05) is 41.0 Å². The van der Waals surface area contributed by atoms with Gasteiger partial charge in [0.15, 0.2) is 0 Å². The van der Waals surface area contributed by atoms with Crippen molar-refractivity contribution in [2.75, 3.05) is 6.54 Å². The summed E-state index contributed by atoms with van der Waals surface area (Å²) in [7, 11) is 0. The lowest BCUT2D eigenvalue weighted by Gasteiger charge is -2.25. The summed E-state index contributed by atoms with van der Waals surface area (Å²) in [6.07, 6.45) is 4.43. The highest BCUT2D eigenvalue weighted by Gasteiger charge is 2.42. The van der Waals surface area contributed by atoms with Crippen molar-refractivity contribution in [1.82, 2.24) is 25.1 Å². The maximum atomic E-state index is 13.5. The maximum Gasteiger partial charge on any atom is 0.273 e.